The summed E-state index contributed by atoms with van der Waals surface area (Å²) in [5.41, 5.74) is 2.70. The predicted octanol–water partition coefficient (Wildman–Crippen LogP) is 4.58. The van der Waals surface area contributed by atoms with Gasteiger partial charge in [0.2, 0.25) is 0 Å². The van der Waals surface area contributed by atoms with Crippen molar-refractivity contribution in [2.45, 2.75) is 72.3 Å². The lowest BCUT2D eigenvalue weighted by Gasteiger charge is -2.05. The van der Waals surface area contributed by atoms with E-state index >= 15 is 0 Å². The van der Waals surface area contributed by atoms with E-state index in [0.29, 0.717) is 0 Å². The molecule has 0 atom stereocenters. The Morgan fingerprint density at radius 3 is 2.29 bits per heavy atom. The minimum Gasteiger partial charge on any atom is -0.268 e. The molecule has 0 amide bonds. The Kier molecular flexibility index (Phi) is 7.16. The van der Waals surface area contributed by atoms with Crippen LogP contribution in [0.2, 0.25) is 0 Å². The molecular weight excluding hydrogens is 323 g/mol. The highest BCUT2D eigenvalue weighted by atomic mass is 127. The SMILES string of the molecule is CCCCCCCn1nc(CC)c(I)c1CC. The van der Waals surface area contributed by atoms with Crippen molar-refractivity contribution >= 4 is 22.6 Å². The molecule has 0 bridgehead atoms. The van der Waals surface area contributed by atoms with E-state index in [0.717, 1.165) is 19.4 Å². The molecule has 1 aromatic heterocycles. The fourth-order valence-electron chi connectivity index (χ4n) is 2.14. The average Bonchev–Trinajstić information content (AvgIpc) is 2.65. The zero-order valence-electron chi connectivity index (χ0n) is 11.4. The molecule has 1 rings (SSSR count). The minimum absolute atomic E-state index is 1.05. The fraction of sp³-hybridized carbons (Fsp3) is 0.786. The number of aryl methyl sites for hydroxylation is 2. The summed E-state index contributed by atoms with van der Waals surface area (Å²) in [4.78, 5) is 0. The Bertz CT molecular complexity index is 331. The van der Waals surface area contributed by atoms with Gasteiger partial charge in [-0.3, -0.25) is 4.68 Å². The minimum atomic E-state index is 1.05. The molecule has 0 radical (unpaired) electrons. The Morgan fingerprint density at radius 1 is 1.00 bits per heavy atom. The van der Waals surface area contributed by atoms with E-state index in [1.165, 1.54) is 47.1 Å². The highest BCUT2D eigenvalue weighted by molar-refractivity contribution is 14.1. The molecule has 98 valence electrons. The normalized spacial score (nSPS) is 11.1. The summed E-state index contributed by atoms with van der Waals surface area (Å²) >= 11 is 2.45. The Morgan fingerprint density at radius 2 is 1.71 bits per heavy atom. The maximum Gasteiger partial charge on any atom is 0.0758 e. The van der Waals surface area contributed by atoms with Crippen molar-refractivity contribution in [2.24, 2.45) is 0 Å². The first-order chi connectivity index (χ1) is 8.24. The fourth-order valence-corrected chi connectivity index (χ4v) is 3.29. The molecule has 0 saturated heterocycles. The molecule has 0 aliphatic carbocycles. The summed E-state index contributed by atoms with van der Waals surface area (Å²) in [6.07, 6.45) is 8.82. The van der Waals surface area contributed by atoms with Crippen molar-refractivity contribution < 1.29 is 0 Å². The molecule has 1 heterocycles. The molecule has 0 aliphatic rings. The molecule has 0 unspecified atom stereocenters. The van der Waals surface area contributed by atoms with E-state index in [4.69, 9.17) is 5.10 Å². The first-order valence-corrected chi connectivity index (χ1v) is 8.06. The number of rotatable bonds is 8. The van der Waals surface area contributed by atoms with Crippen LogP contribution >= 0.6 is 22.6 Å². The van der Waals surface area contributed by atoms with Crippen LogP contribution in [-0.4, -0.2) is 9.78 Å². The second-order valence-corrected chi connectivity index (χ2v) is 5.63. The summed E-state index contributed by atoms with van der Waals surface area (Å²) in [5, 5.41) is 4.73. The number of aromatic nitrogens is 2. The molecule has 2 nitrogen and oxygen atoms in total. The number of unbranched alkanes of at least 4 members (excludes halogenated alkanes) is 4. The highest BCUT2D eigenvalue weighted by Crippen LogP contribution is 2.19. The van der Waals surface area contributed by atoms with Crippen LogP contribution in [-0.2, 0) is 19.4 Å². The van der Waals surface area contributed by atoms with Crippen LogP contribution in [0.1, 0.15) is 64.3 Å². The molecular formula is C14H25IN2. The molecule has 3 heteroatoms. The van der Waals surface area contributed by atoms with E-state index in [9.17, 15) is 0 Å². The third-order valence-electron chi connectivity index (χ3n) is 3.20. The van der Waals surface area contributed by atoms with E-state index in [2.05, 4.69) is 48.0 Å². The zero-order valence-corrected chi connectivity index (χ0v) is 13.6. The lowest BCUT2D eigenvalue weighted by molar-refractivity contribution is 0.516. The van der Waals surface area contributed by atoms with Gasteiger partial charge in [-0.05, 0) is 41.9 Å². The van der Waals surface area contributed by atoms with Crippen molar-refractivity contribution in [2.75, 3.05) is 0 Å². The van der Waals surface area contributed by atoms with Gasteiger partial charge in [0.1, 0.15) is 0 Å². The third-order valence-corrected chi connectivity index (χ3v) is 4.45. The van der Waals surface area contributed by atoms with E-state index < -0.39 is 0 Å². The van der Waals surface area contributed by atoms with Gasteiger partial charge < -0.3 is 0 Å². The van der Waals surface area contributed by atoms with Gasteiger partial charge >= 0.3 is 0 Å². The van der Waals surface area contributed by atoms with Gasteiger partial charge in [-0.25, -0.2) is 0 Å². The monoisotopic (exact) mass is 348 g/mol. The molecule has 1 aromatic rings. The van der Waals surface area contributed by atoms with E-state index in [1.807, 2.05) is 0 Å². The second kappa shape index (κ2) is 8.11. The molecule has 0 spiro atoms. The van der Waals surface area contributed by atoms with Gasteiger partial charge in [0.25, 0.3) is 0 Å². The van der Waals surface area contributed by atoms with E-state index in [1.54, 1.807) is 0 Å². The molecule has 0 aliphatic heterocycles. The summed E-state index contributed by atoms with van der Waals surface area (Å²) in [6, 6.07) is 0. The van der Waals surface area contributed by atoms with Crippen LogP contribution < -0.4 is 0 Å². The van der Waals surface area contributed by atoms with Crippen LogP contribution in [0.4, 0.5) is 0 Å². The Balaban J connectivity index is 2.52. The van der Waals surface area contributed by atoms with Gasteiger partial charge in [-0.1, -0.05) is 46.5 Å². The van der Waals surface area contributed by atoms with Crippen molar-refractivity contribution in [3.8, 4) is 0 Å². The quantitative estimate of drug-likeness (QED) is 0.497. The zero-order chi connectivity index (χ0) is 12.7. The van der Waals surface area contributed by atoms with Crippen LogP contribution in [0.15, 0.2) is 0 Å². The third kappa shape index (κ3) is 4.27. The van der Waals surface area contributed by atoms with Gasteiger partial charge in [0, 0.05) is 6.54 Å². The summed E-state index contributed by atoms with van der Waals surface area (Å²) in [6.45, 7) is 7.78. The number of nitrogens with zero attached hydrogens (tertiary/aromatic N) is 2. The second-order valence-electron chi connectivity index (χ2n) is 4.55. The molecule has 0 fully saturated rings. The molecule has 0 N–H and O–H groups in total. The first-order valence-electron chi connectivity index (χ1n) is 6.98. The summed E-state index contributed by atoms with van der Waals surface area (Å²) < 4.78 is 3.63. The lowest BCUT2D eigenvalue weighted by atomic mass is 10.1. The number of hydrogen-bond acceptors (Lipinski definition) is 1. The Labute approximate surface area is 119 Å². The topological polar surface area (TPSA) is 17.8 Å². The van der Waals surface area contributed by atoms with Gasteiger partial charge in [-0.15, -0.1) is 0 Å². The van der Waals surface area contributed by atoms with Crippen molar-refractivity contribution in [1.82, 2.24) is 9.78 Å². The van der Waals surface area contributed by atoms with Crippen molar-refractivity contribution in [1.29, 1.82) is 0 Å². The van der Waals surface area contributed by atoms with Crippen molar-refractivity contribution in [3.63, 3.8) is 0 Å². The average molecular weight is 348 g/mol. The van der Waals surface area contributed by atoms with Gasteiger partial charge in [0.05, 0.1) is 15.0 Å². The summed E-state index contributed by atoms with van der Waals surface area (Å²) in [7, 11) is 0. The maximum atomic E-state index is 4.73. The van der Waals surface area contributed by atoms with Crippen molar-refractivity contribution in [3.05, 3.63) is 15.0 Å². The highest BCUT2D eigenvalue weighted by Gasteiger charge is 2.12. The smallest absolute Gasteiger partial charge is 0.0758 e. The molecule has 0 saturated carbocycles. The largest absolute Gasteiger partial charge is 0.268 e. The van der Waals surface area contributed by atoms with Gasteiger partial charge in [-0.2, -0.15) is 5.10 Å². The van der Waals surface area contributed by atoms with Crippen LogP contribution in [0.25, 0.3) is 0 Å². The Hall–Kier alpha value is -0.0600. The number of halogens is 1. The molecule has 17 heavy (non-hydrogen) atoms. The van der Waals surface area contributed by atoms with Gasteiger partial charge in [0.15, 0.2) is 0 Å². The first kappa shape index (κ1) is 15.0. The number of hydrogen-bond donors (Lipinski definition) is 0. The lowest BCUT2D eigenvalue weighted by Crippen LogP contribution is -2.05. The van der Waals surface area contributed by atoms with Crippen LogP contribution in [0.5, 0.6) is 0 Å². The maximum absolute atomic E-state index is 4.73. The van der Waals surface area contributed by atoms with Crippen LogP contribution in [0.3, 0.4) is 0 Å². The molecule has 0 aromatic carbocycles. The predicted molar refractivity (Wildman–Crippen MR) is 82.5 cm³/mol. The summed E-state index contributed by atoms with van der Waals surface area (Å²) in [5.74, 6) is 0. The standard InChI is InChI=1S/C14H25IN2/c1-4-7-8-9-10-11-17-13(6-3)14(15)12(5-2)16-17/h4-11H2,1-3H3. The van der Waals surface area contributed by atoms with E-state index in [-0.39, 0.29) is 0 Å². The van der Waals surface area contributed by atoms with Crippen LogP contribution in [0, 0.1) is 3.57 Å².